The van der Waals surface area contributed by atoms with Crippen LogP contribution in [0, 0.1) is 0 Å². The van der Waals surface area contributed by atoms with Crippen molar-refractivity contribution < 1.29 is 4.74 Å². The summed E-state index contributed by atoms with van der Waals surface area (Å²) in [6, 6.07) is 8.39. The van der Waals surface area contributed by atoms with Crippen LogP contribution in [0.3, 0.4) is 0 Å². The van der Waals surface area contributed by atoms with E-state index < -0.39 is 0 Å². The van der Waals surface area contributed by atoms with E-state index in [-0.39, 0.29) is 0 Å². The van der Waals surface area contributed by atoms with Crippen molar-refractivity contribution in [2.24, 2.45) is 0 Å². The van der Waals surface area contributed by atoms with E-state index in [2.05, 4.69) is 43.4 Å². The van der Waals surface area contributed by atoms with Crippen molar-refractivity contribution >= 4 is 0 Å². The highest BCUT2D eigenvalue weighted by atomic mass is 16.5. The first-order chi connectivity index (χ1) is 9.88. The zero-order valence-electron chi connectivity index (χ0n) is 13.3. The molecule has 0 amide bonds. The third kappa shape index (κ3) is 7.54. The Kier molecular flexibility index (Phi) is 10.0. The maximum atomic E-state index is 5.93. The van der Waals surface area contributed by atoms with Crippen LogP contribution < -0.4 is 10.1 Å². The van der Waals surface area contributed by atoms with Gasteiger partial charge < -0.3 is 10.1 Å². The zero-order chi connectivity index (χ0) is 14.5. The summed E-state index contributed by atoms with van der Waals surface area (Å²) < 4.78 is 5.93. The third-order valence-corrected chi connectivity index (χ3v) is 3.50. The highest BCUT2D eigenvalue weighted by Crippen LogP contribution is 2.18. The van der Waals surface area contributed by atoms with Crippen LogP contribution in [-0.4, -0.2) is 13.2 Å². The summed E-state index contributed by atoms with van der Waals surface area (Å²) in [4.78, 5) is 0. The molecule has 0 aromatic heterocycles. The quantitative estimate of drug-likeness (QED) is 0.547. The van der Waals surface area contributed by atoms with Crippen LogP contribution in [-0.2, 0) is 6.54 Å². The second kappa shape index (κ2) is 11.8. The summed E-state index contributed by atoms with van der Waals surface area (Å²) in [5.74, 6) is 1.05. The van der Waals surface area contributed by atoms with Gasteiger partial charge in [0.05, 0.1) is 6.61 Å². The molecule has 2 nitrogen and oxygen atoms in total. The van der Waals surface area contributed by atoms with Gasteiger partial charge in [-0.25, -0.2) is 0 Å². The molecule has 1 aromatic rings. The molecule has 0 aliphatic carbocycles. The summed E-state index contributed by atoms with van der Waals surface area (Å²) >= 11 is 0. The van der Waals surface area contributed by atoms with E-state index in [4.69, 9.17) is 4.74 Å². The smallest absolute Gasteiger partial charge is 0.123 e. The molecule has 1 rings (SSSR count). The minimum atomic E-state index is 0.843. The predicted octanol–water partition coefficient (Wildman–Crippen LogP) is 4.93. The monoisotopic (exact) mass is 277 g/mol. The van der Waals surface area contributed by atoms with Crippen LogP contribution in [0.25, 0.3) is 0 Å². The van der Waals surface area contributed by atoms with E-state index in [1.165, 1.54) is 44.1 Å². The van der Waals surface area contributed by atoms with Gasteiger partial charge >= 0.3 is 0 Å². The number of benzene rings is 1. The largest absolute Gasteiger partial charge is 0.493 e. The van der Waals surface area contributed by atoms with E-state index in [1.807, 2.05) is 0 Å². The zero-order valence-corrected chi connectivity index (χ0v) is 13.3. The third-order valence-electron chi connectivity index (χ3n) is 3.50. The highest BCUT2D eigenvalue weighted by molar-refractivity contribution is 5.33. The van der Waals surface area contributed by atoms with Crippen LogP contribution in [0.2, 0.25) is 0 Å². The number of ether oxygens (including phenoxy) is 1. The first-order valence-electron chi connectivity index (χ1n) is 8.30. The summed E-state index contributed by atoms with van der Waals surface area (Å²) in [5.41, 5.74) is 1.28. The SMILES string of the molecule is CCCCCCCOc1ccccc1CNCCCC. The van der Waals surface area contributed by atoms with Crippen LogP contribution in [0.1, 0.15) is 64.4 Å². The normalized spacial score (nSPS) is 10.7. The Bertz CT molecular complexity index is 338. The van der Waals surface area contributed by atoms with E-state index in [1.54, 1.807) is 0 Å². The maximum Gasteiger partial charge on any atom is 0.123 e. The molecule has 0 aliphatic rings. The molecule has 1 aromatic carbocycles. The molecule has 0 heterocycles. The molecular weight excluding hydrogens is 246 g/mol. The standard InChI is InChI=1S/C18H31NO/c1-3-5-7-8-11-15-20-18-13-10-9-12-17(18)16-19-14-6-4-2/h9-10,12-13,19H,3-8,11,14-16H2,1-2H3. The molecule has 114 valence electrons. The Balaban J connectivity index is 2.26. The average molecular weight is 277 g/mol. The van der Waals surface area contributed by atoms with Crippen molar-refractivity contribution in [1.82, 2.24) is 5.32 Å². The number of unbranched alkanes of at least 4 members (excludes halogenated alkanes) is 5. The van der Waals surface area contributed by atoms with Gasteiger partial charge in [-0.1, -0.05) is 64.2 Å². The number of nitrogens with one attached hydrogen (secondary N) is 1. The Morgan fingerprint density at radius 3 is 2.45 bits per heavy atom. The minimum absolute atomic E-state index is 0.843. The lowest BCUT2D eigenvalue weighted by Crippen LogP contribution is -2.15. The number of hydrogen-bond donors (Lipinski definition) is 1. The van der Waals surface area contributed by atoms with Crippen LogP contribution in [0.5, 0.6) is 5.75 Å². The van der Waals surface area contributed by atoms with E-state index in [9.17, 15) is 0 Å². The van der Waals surface area contributed by atoms with Crippen LogP contribution in [0.4, 0.5) is 0 Å². The molecule has 0 atom stereocenters. The number of hydrogen-bond acceptors (Lipinski definition) is 2. The molecule has 0 saturated heterocycles. The summed E-state index contributed by atoms with van der Waals surface area (Å²) in [6.45, 7) is 7.30. The Morgan fingerprint density at radius 1 is 0.900 bits per heavy atom. The van der Waals surface area contributed by atoms with Crippen LogP contribution in [0.15, 0.2) is 24.3 Å². The van der Waals surface area contributed by atoms with Crippen molar-refractivity contribution in [3.8, 4) is 5.75 Å². The molecule has 0 radical (unpaired) electrons. The summed E-state index contributed by atoms with van der Waals surface area (Å²) in [5, 5.41) is 3.48. The average Bonchev–Trinajstić information content (AvgIpc) is 2.48. The van der Waals surface area contributed by atoms with Crippen LogP contribution >= 0.6 is 0 Å². The fraction of sp³-hybridized carbons (Fsp3) is 0.667. The van der Waals surface area contributed by atoms with Gasteiger partial charge in [-0.05, 0) is 25.5 Å². The molecule has 0 spiro atoms. The van der Waals surface area contributed by atoms with Crippen molar-refractivity contribution in [3.05, 3.63) is 29.8 Å². The topological polar surface area (TPSA) is 21.3 Å². The lowest BCUT2D eigenvalue weighted by Gasteiger charge is -2.12. The van der Waals surface area contributed by atoms with Gasteiger partial charge in [0, 0.05) is 12.1 Å². The van der Waals surface area contributed by atoms with Gasteiger partial charge in [0.2, 0.25) is 0 Å². The second-order valence-electron chi connectivity index (χ2n) is 5.40. The Hall–Kier alpha value is -1.02. The Morgan fingerprint density at radius 2 is 1.65 bits per heavy atom. The molecule has 0 bridgehead atoms. The van der Waals surface area contributed by atoms with E-state index in [0.29, 0.717) is 0 Å². The predicted molar refractivity (Wildman–Crippen MR) is 87.3 cm³/mol. The first kappa shape index (κ1) is 17.0. The second-order valence-corrected chi connectivity index (χ2v) is 5.40. The summed E-state index contributed by atoms with van der Waals surface area (Å²) in [7, 11) is 0. The molecule has 2 heteroatoms. The lowest BCUT2D eigenvalue weighted by atomic mass is 10.1. The molecular formula is C18H31NO. The van der Waals surface area contributed by atoms with E-state index in [0.717, 1.165) is 31.9 Å². The van der Waals surface area contributed by atoms with Gasteiger partial charge in [0.1, 0.15) is 5.75 Å². The molecule has 20 heavy (non-hydrogen) atoms. The lowest BCUT2D eigenvalue weighted by molar-refractivity contribution is 0.301. The van der Waals surface area contributed by atoms with Gasteiger partial charge in [0.25, 0.3) is 0 Å². The fourth-order valence-electron chi connectivity index (χ4n) is 2.20. The molecule has 1 N–H and O–H groups in total. The van der Waals surface area contributed by atoms with Gasteiger partial charge in [-0.3, -0.25) is 0 Å². The molecule has 0 saturated carbocycles. The van der Waals surface area contributed by atoms with E-state index >= 15 is 0 Å². The van der Waals surface area contributed by atoms with Crippen molar-refractivity contribution in [1.29, 1.82) is 0 Å². The van der Waals surface area contributed by atoms with Gasteiger partial charge in [0.15, 0.2) is 0 Å². The summed E-state index contributed by atoms with van der Waals surface area (Å²) in [6.07, 6.45) is 8.90. The van der Waals surface area contributed by atoms with Crippen molar-refractivity contribution in [2.45, 2.75) is 65.3 Å². The van der Waals surface area contributed by atoms with Crippen molar-refractivity contribution in [2.75, 3.05) is 13.2 Å². The minimum Gasteiger partial charge on any atom is -0.493 e. The van der Waals surface area contributed by atoms with Gasteiger partial charge in [-0.2, -0.15) is 0 Å². The van der Waals surface area contributed by atoms with Crippen molar-refractivity contribution in [3.63, 3.8) is 0 Å². The molecule has 0 unspecified atom stereocenters. The number of rotatable bonds is 12. The fourth-order valence-corrected chi connectivity index (χ4v) is 2.20. The molecule has 0 aliphatic heterocycles. The number of para-hydroxylation sites is 1. The highest BCUT2D eigenvalue weighted by Gasteiger charge is 2.02. The Labute approximate surface area is 124 Å². The maximum absolute atomic E-state index is 5.93. The van der Waals surface area contributed by atoms with Gasteiger partial charge in [-0.15, -0.1) is 0 Å². The molecule has 0 fully saturated rings. The first-order valence-corrected chi connectivity index (χ1v) is 8.30.